The van der Waals surface area contributed by atoms with Crippen molar-refractivity contribution in [3.8, 4) is 6.07 Å². The molecule has 0 fully saturated rings. The molecule has 0 heterocycles. The monoisotopic (exact) mass is 286 g/mol. The third-order valence-electron chi connectivity index (χ3n) is 3.06. The molecular formula is C16H12F2N2O. The average Bonchev–Trinajstić information content (AvgIpc) is 2.49. The largest absolute Gasteiger partial charge is 0.366 e. The van der Waals surface area contributed by atoms with Gasteiger partial charge in [-0.25, -0.2) is 8.78 Å². The number of hydrogen-bond donors (Lipinski definition) is 0. The van der Waals surface area contributed by atoms with Crippen molar-refractivity contribution in [3.63, 3.8) is 0 Å². The number of rotatable bonds is 4. The van der Waals surface area contributed by atoms with Gasteiger partial charge in [0.2, 0.25) is 0 Å². The fourth-order valence-corrected chi connectivity index (χ4v) is 1.96. The van der Waals surface area contributed by atoms with E-state index >= 15 is 0 Å². The molecule has 0 amide bonds. The van der Waals surface area contributed by atoms with Crippen molar-refractivity contribution in [2.75, 3.05) is 18.5 Å². The zero-order valence-corrected chi connectivity index (χ0v) is 11.3. The number of para-hydroxylation sites is 1. The van der Waals surface area contributed by atoms with Crippen molar-refractivity contribution in [2.24, 2.45) is 0 Å². The summed E-state index contributed by atoms with van der Waals surface area (Å²) in [6, 6.07) is 11.9. The Morgan fingerprint density at radius 3 is 2.57 bits per heavy atom. The van der Waals surface area contributed by atoms with Gasteiger partial charge >= 0.3 is 0 Å². The molecule has 106 valence electrons. The van der Waals surface area contributed by atoms with Crippen molar-refractivity contribution >= 4 is 11.5 Å². The molecule has 0 aliphatic heterocycles. The summed E-state index contributed by atoms with van der Waals surface area (Å²) in [6.07, 6.45) is 0. The molecule has 0 aliphatic rings. The van der Waals surface area contributed by atoms with Crippen LogP contribution in [0, 0.1) is 23.0 Å². The number of Topliss-reactive ketones (excluding diaryl/α,β-unsaturated/α-hetero) is 1. The van der Waals surface area contributed by atoms with E-state index in [1.165, 1.54) is 6.07 Å². The van der Waals surface area contributed by atoms with Gasteiger partial charge in [-0.05, 0) is 30.3 Å². The van der Waals surface area contributed by atoms with Gasteiger partial charge in [-0.1, -0.05) is 12.1 Å². The molecule has 0 aliphatic carbocycles. The lowest BCUT2D eigenvalue weighted by Gasteiger charge is -2.19. The van der Waals surface area contributed by atoms with Crippen molar-refractivity contribution < 1.29 is 13.6 Å². The summed E-state index contributed by atoms with van der Waals surface area (Å²) in [7, 11) is 1.66. The van der Waals surface area contributed by atoms with E-state index in [-0.39, 0.29) is 17.9 Å². The lowest BCUT2D eigenvalue weighted by atomic mass is 10.1. The van der Waals surface area contributed by atoms with E-state index in [1.807, 2.05) is 6.07 Å². The van der Waals surface area contributed by atoms with Crippen LogP contribution < -0.4 is 4.90 Å². The molecule has 0 bridgehead atoms. The molecular weight excluding hydrogens is 274 g/mol. The number of ketones is 1. The molecule has 0 saturated heterocycles. The number of benzene rings is 2. The Hall–Kier alpha value is -2.74. The maximum Gasteiger partial charge on any atom is 0.182 e. The Labute approximate surface area is 121 Å². The van der Waals surface area contributed by atoms with Crippen LogP contribution in [0.2, 0.25) is 0 Å². The zero-order chi connectivity index (χ0) is 15.4. The van der Waals surface area contributed by atoms with Crippen LogP contribution in [0.5, 0.6) is 0 Å². The fraction of sp³-hybridized carbons (Fsp3) is 0.125. The first-order valence-corrected chi connectivity index (χ1v) is 6.21. The second-order valence-corrected chi connectivity index (χ2v) is 4.54. The van der Waals surface area contributed by atoms with Gasteiger partial charge in [-0.2, -0.15) is 5.26 Å². The molecule has 2 aromatic rings. The lowest BCUT2D eigenvalue weighted by Crippen LogP contribution is -2.26. The molecule has 0 atom stereocenters. The Morgan fingerprint density at radius 2 is 1.90 bits per heavy atom. The smallest absolute Gasteiger partial charge is 0.182 e. The first kappa shape index (κ1) is 14.7. The normalized spacial score (nSPS) is 10.0. The number of nitriles is 1. The minimum absolute atomic E-state index is 0.0379. The van der Waals surface area contributed by atoms with E-state index in [1.54, 1.807) is 36.2 Å². The Balaban J connectivity index is 2.19. The second-order valence-electron chi connectivity index (χ2n) is 4.54. The van der Waals surface area contributed by atoms with Crippen molar-refractivity contribution in [2.45, 2.75) is 0 Å². The number of carbonyl (C=O) groups is 1. The van der Waals surface area contributed by atoms with Gasteiger partial charge in [0.25, 0.3) is 0 Å². The third-order valence-corrected chi connectivity index (χ3v) is 3.06. The number of hydrogen-bond acceptors (Lipinski definition) is 3. The SMILES string of the molecule is CN(CC(=O)c1ccc(F)c(F)c1)c1ccccc1C#N. The minimum atomic E-state index is -1.05. The molecule has 0 unspecified atom stereocenters. The van der Waals surface area contributed by atoms with Crippen LogP contribution in [0.1, 0.15) is 15.9 Å². The quantitative estimate of drug-likeness (QED) is 0.811. The first-order valence-electron chi connectivity index (χ1n) is 6.21. The highest BCUT2D eigenvalue weighted by Gasteiger charge is 2.14. The van der Waals surface area contributed by atoms with E-state index in [9.17, 15) is 13.6 Å². The molecule has 2 rings (SSSR count). The highest BCUT2D eigenvalue weighted by Crippen LogP contribution is 2.18. The number of carbonyl (C=O) groups excluding carboxylic acids is 1. The Kier molecular flexibility index (Phi) is 4.29. The van der Waals surface area contributed by atoms with Gasteiger partial charge < -0.3 is 4.90 Å². The van der Waals surface area contributed by atoms with Crippen LogP contribution in [0.4, 0.5) is 14.5 Å². The van der Waals surface area contributed by atoms with Gasteiger partial charge in [-0.3, -0.25) is 4.79 Å². The third kappa shape index (κ3) is 3.23. The average molecular weight is 286 g/mol. The molecule has 2 aromatic carbocycles. The molecule has 21 heavy (non-hydrogen) atoms. The summed E-state index contributed by atoms with van der Waals surface area (Å²) < 4.78 is 26.0. The fourth-order valence-electron chi connectivity index (χ4n) is 1.96. The summed E-state index contributed by atoms with van der Waals surface area (Å²) in [5.74, 6) is -2.40. The van der Waals surface area contributed by atoms with E-state index < -0.39 is 11.6 Å². The van der Waals surface area contributed by atoms with E-state index in [0.29, 0.717) is 11.3 Å². The summed E-state index contributed by atoms with van der Waals surface area (Å²) in [6.45, 7) is -0.0379. The predicted molar refractivity (Wildman–Crippen MR) is 75.1 cm³/mol. The first-order chi connectivity index (χ1) is 10.0. The lowest BCUT2D eigenvalue weighted by molar-refractivity contribution is 0.1000. The van der Waals surface area contributed by atoms with Gasteiger partial charge in [-0.15, -0.1) is 0 Å². The van der Waals surface area contributed by atoms with Gasteiger partial charge in [0.15, 0.2) is 17.4 Å². The standard InChI is InChI=1S/C16H12F2N2O/c1-20(15-5-3-2-4-12(15)9-19)10-16(21)11-6-7-13(17)14(18)8-11/h2-8H,10H2,1H3. The maximum atomic E-state index is 13.1. The maximum absolute atomic E-state index is 13.1. The summed E-state index contributed by atoms with van der Waals surface area (Å²) in [5.41, 5.74) is 1.14. The van der Waals surface area contributed by atoms with Crippen molar-refractivity contribution in [3.05, 3.63) is 65.2 Å². The van der Waals surface area contributed by atoms with Crippen LogP contribution in [0.3, 0.4) is 0 Å². The number of anilines is 1. The van der Waals surface area contributed by atoms with Crippen molar-refractivity contribution in [1.82, 2.24) is 0 Å². The highest BCUT2D eigenvalue weighted by atomic mass is 19.2. The topological polar surface area (TPSA) is 44.1 Å². The summed E-state index contributed by atoms with van der Waals surface area (Å²) in [5, 5.41) is 9.03. The molecule has 0 spiro atoms. The molecule has 5 heteroatoms. The number of halogens is 2. The van der Waals surface area contributed by atoms with E-state index in [0.717, 1.165) is 12.1 Å². The highest BCUT2D eigenvalue weighted by molar-refractivity contribution is 5.99. The van der Waals surface area contributed by atoms with Crippen LogP contribution in [-0.2, 0) is 0 Å². The molecule has 0 N–H and O–H groups in total. The predicted octanol–water partition coefficient (Wildman–Crippen LogP) is 3.16. The van der Waals surface area contributed by atoms with Crippen LogP contribution >= 0.6 is 0 Å². The van der Waals surface area contributed by atoms with Crippen LogP contribution in [-0.4, -0.2) is 19.4 Å². The molecule has 0 saturated carbocycles. The van der Waals surface area contributed by atoms with E-state index in [2.05, 4.69) is 0 Å². The van der Waals surface area contributed by atoms with Gasteiger partial charge in [0.05, 0.1) is 17.8 Å². The number of likely N-dealkylation sites (N-methyl/N-ethyl adjacent to an activating group) is 1. The Bertz CT molecular complexity index is 722. The minimum Gasteiger partial charge on any atom is -0.366 e. The van der Waals surface area contributed by atoms with Crippen molar-refractivity contribution in [1.29, 1.82) is 5.26 Å². The molecule has 3 nitrogen and oxygen atoms in total. The molecule has 0 aromatic heterocycles. The molecule has 0 radical (unpaired) electrons. The van der Waals surface area contributed by atoms with Crippen LogP contribution in [0.25, 0.3) is 0 Å². The summed E-state index contributed by atoms with van der Waals surface area (Å²) in [4.78, 5) is 13.7. The van der Waals surface area contributed by atoms with Gasteiger partial charge in [0.1, 0.15) is 6.07 Å². The van der Waals surface area contributed by atoms with E-state index in [4.69, 9.17) is 5.26 Å². The zero-order valence-electron chi connectivity index (χ0n) is 11.3. The second kappa shape index (κ2) is 6.14. The van der Waals surface area contributed by atoms with Gasteiger partial charge in [0, 0.05) is 12.6 Å². The number of nitrogens with zero attached hydrogens (tertiary/aromatic N) is 2. The summed E-state index contributed by atoms with van der Waals surface area (Å²) >= 11 is 0. The Morgan fingerprint density at radius 1 is 1.19 bits per heavy atom. The van der Waals surface area contributed by atoms with Crippen LogP contribution in [0.15, 0.2) is 42.5 Å².